The van der Waals surface area contributed by atoms with E-state index in [-0.39, 0.29) is 42.8 Å². The first-order valence-electron chi connectivity index (χ1n) is 8.06. The third-order valence-electron chi connectivity index (χ3n) is 4.67. The van der Waals surface area contributed by atoms with Crippen molar-refractivity contribution in [3.8, 4) is 0 Å². The first-order chi connectivity index (χ1) is 10.3. The van der Waals surface area contributed by atoms with Gasteiger partial charge in [-0.3, -0.25) is 9.69 Å². The minimum Gasteiger partial charge on any atom is -0.350 e. The molecule has 2 aliphatic rings. The number of benzene rings is 1. The van der Waals surface area contributed by atoms with Gasteiger partial charge in [0, 0.05) is 19.1 Å². The highest BCUT2D eigenvalue weighted by molar-refractivity contribution is 5.85. The Morgan fingerprint density at radius 1 is 1.22 bits per heavy atom. The fraction of sp³-hybridized carbons (Fsp3) is 0.588. The molecule has 2 atom stereocenters. The maximum atomic E-state index is 12.5. The average Bonchev–Trinajstić information content (AvgIpc) is 3.25. The number of carbonyl (C=O) groups is 1. The Labute approximate surface area is 151 Å². The summed E-state index contributed by atoms with van der Waals surface area (Å²) in [6, 6.07) is 10.6. The second kappa shape index (κ2) is 9.48. The topological polar surface area (TPSA) is 58.4 Å². The van der Waals surface area contributed by atoms with Crippen molar-refractivity contribution in [3.63, 3.8) is 0 Å². The van der Waals surface area contributed by atoms with E-state index in [1.54, 1.807) is 0 Å². The molecule has 6 heteroatoms. The van der Waals surface area contributed by atoms with E-state index in [1.165, 1.54) is 18.4 Å². The number of hydrogen-bond acceptors (Lipinski definition) is 3. The Hall–Kier alpha value is -0.810. The summed E-state index contributed by atoms with van der Waals surface area (Å²) in [7, 11) is 0. The smallest absolute Gasteiger partial charge is 0.237 e. The molecule has 1 aromatic rings. The summed E-state index contributed by atoms with van der Waals surface area (Å²) in [6.07, 6.45) is 4.48. The van der Waals surface area contributed by atoms with Crippen molar-refractivity contribution < 1.29 is 4.79 Å². The van der Waals surface area contributed by atoms with Gasteiger partial charge in [-0.25, -0.2) is 0 Å². The monoisotopic (exact) mass is 359 g/mol. The maximum absolute atomic E-state index is 12.5. The number of rotatable bonds is 6. The molecule has 0 spiro atoms. The van der Waals surface area contributed by atoms with Gasteiger partial charge < -0.3 is 11.1 Å². The van der Waals surface area contributed by atoms with Crippen LogP contribution in [0.3, 0.4) is 0 Å². The molecule has 2 unspecified atom stereocenters. The van der Waals surface area contributed by atoms with E-state index in [2.05, 4.69) is 34.5 Å². The van der Waals surface area contributed by atoms with Gasteiger partial charge in [0.15, 0.2) is 0 Å². The highest BCUT2D eigenvalue weighted by atomic mass is 35.5. The van der Waals surface area contributed by atoms with Crippen molar-refractivity contribution in [1.29, 1.82) is 0 Å². The van der Waals surface area contributed by atoms with Gasteiger partial charge in [0.2, 0.25) is 5.91 Å². The van der Waals surface area contributed by atoms with E-state index in [0.717, 1.165) is 25.9 Å². The van der Waals surface area contributed by atoms with Gasteiger partial charge in [-0.2, -0.15) is 0 Å². The van der Waals surface area contributed by atoms with Crippen molar-refractivity contribution in [2.75, 3.05) is 13.1 Å². The molecular weight excluding hydrogens is 333 g/mol. The van der Waals surface area contributed by atoms with E-state index in [0.29, 0.717) is 12.5 Å². The summed E-state index contributed by atoms with van der Waals surface area (Å²) in [4.78, 5) is 14.8. The summed E-state index contributed by atoms with van der Waals surface area (Å²) in [5, 5.41) is 3.18. The van der Waals surface area contributed by atoms with Gasteiger partial charge >= 0.3 is 0 Å². The third-order valence-corrected chi connectivity index (χ3v) is 4.67. The van der Waals surface area contributed by atoms with Crippen LogP contribution < -0.4 is 11.1 Å². The molecule has 1 aliphatic carbocycles. The molecular formula is C17H27Cl2N3O. The van der Waals surface area contributed by atoms with Crippen molar-refractivity contribution in [1.82, 2.24) is 10.2 Å². The van der Waals surface area contributed by atoms with Gasteiger partial charge in [0.1, 0.15) is 0 Å². The van der Waals surface area contributed by atoms with Crippen LogP contribution in [0, 0.1) is 5.92 Å². The van der Waals surface area contributed by atoms with Crippen LogP contribution in [-0.4, -0.2) is 36.0 Å². The molecule has 1 aliphatic heterocycles. The average molecular weight is 360 g/mol. The number of nitrogens with zero attached hydrogens (tertiary/aromatic N) is 1. The zero-order valence-electron chi connectivity index (χ0n) is 13.3. The maximum Gasteiger partial charge on any atom is 0.237 e. The molecule has 4 nitrogen and oxygen atoms in total. The summed E-state index contributed by atoms with van der Waals surface area (Å²) in [5.74, 6) is 0.786. The van der Waals surface area contributed by atoms with E-state index in [4.69, 9.17) is 5.73 Å². The second-order valence-electron chi connectivity index (χ2n) is 6.30. The molecule has 3 rings (SSSR count). The van der Waals surface area contributed by atoms with Crippen molar-refractivity contribution in [2.45, 2.75) is 44.3 Å². The van der Waals surface area contributed by atoms with Gasteiger partial charge in [0.25, 0.3) is 0 Å². The van der Waals surface area contributed by atoms with Crippen molar-refractivity contribution in [3.05, 3.63) is 35.9 Å². The molecule has 0 aromatic heterocycles. The van der Waals surface area contributed by atoms with Crippen LogP contribution in [0.5, 0.6) is 0 Å². The number of hydrogen-bond donors (Lipinski definition) is 2. The SMILES string of the molecule is Cl.Cl.NCC(NC(=O)C1CCCN1Cc1ccccc1)C1CC1. The number of halogens is 2. The molecule has 23 heavy (non-hydrogen) atoms. The Morgan fingerprint density at radius 2 is 1.91 bits per heavy atom. The van der Waals surface area contributed by atoms with E-state index in [1.807, 2.05) is 6.07 Å². The Balaban J connectivity index is 0.00000132. The van der Waals surface area contributed by atoms with E-state index in [9.17, 15) is 4.79 Å². The zero-order valence-corrected chi connectivity index (χ0v) is 15.0. The molecule has 0 radical (unpaired) electrons. The molecule has 1 amide bonds. The standard InChI is InChI=1S/C17H25N3O.2ClH/c18-11-15(14-8-9-14)19-17(21)16-7-4-10-20(16)12-13-5-2-1-3-6-13;;/h1-3,5-6,14-16H,4,7-12,18H2,(H,19,21);2*1H. The Kier molecular flexibility index (Phi) is 8.34. The predicted molar refractivity (Wildman–Crippen MR) is 98.1 cm³/mol. The molecule has 1 saturated heterocycles. The largest absolute Gasteiger partial charge is 0.350 e. The van der Waals surface area contributed by atoms with E-state index < -0.39 is 0 Å². The van der Waals surface area contributed by atoms with Crippen molar-refractivity contribution in [2.24, 2.45) is 11.7 Å². The van der Waals surface area contributed by atoms with Crippen LogP contribution in [0.25, 0.3) is 0 Å². The van der Waals surface area contributed by atoms with Gasteiger partial charge in [-0.1, -0.05) is 30.3 Å². The molecule has 1 aromatic carbocycles. The number of amides is 1. The van der Waals surface area contributed by atoms with Crippen LogP contribution in [0.2, 0.25) is 0 Å². The first kappa shape index (κ1) is 20.2. The Morgan fingerprint density at radius 3 is 2.52 bits per heavy atom. The minimum absolute atomic E-state index is 0. The lowest BCUT2D eigenvalue weighted by molar-refractivity contribution is -0.126. The minimum atomic E-state index is 0. The highest BCUT2D eigenvalue weighted by Gasteiger charge is 2.35. The lowest BCUT2D eigenvalue weighted by atomic mass is 10.1. The number of carbonyl (C=O) groups excluding carboxylic acids is 1. The van der Waals surface area contributed by atoms with Crippen LogP contribution in [-0.2, 0) is 11.3 Å². The van der Waals surface area contributed by atoms with Gasteiger partial charge in [0.05, 0.1) is 6.04 Å². The van der Waals surface area contributed by atoms with Crippen LogP contribution in [0.1, 0.15) is 31.2 Å². The van der Waals surface area contributed by atoms with E-state index >= 15 is 0 Å². The van der Waals surface area contributed by atoms with Crippen LogP contribution >= 0.6 is 24.8 Å². The molecule has 130 valence electrons. The molecule has 3 N–H and O–H groups in total. The van der Waals surface area contributed by atoms with Gasteiger partial charge in [-0.05, 0) is 43.7 Å². The molecule has 1 heterocycles. The molecule has 0 bridgehead atoms. The van der Waals surface area contributed by atoms with Crippen molar-refractivity contribution >= 4 is 30.7 Å². The summed E-state index contributed by atoms with van der Waals surface area (Å²) >= 11 is 0. The first-order valence-corrected chi connectivity index (χ1v) is 8.06. The normalized spacial score (nSPS) is 21.9. The predicted octanol–water partition coefficient (Wildman–Crippen LogP) is 2.35. The Bertz CT molecular complexity index is 482. The zero-order chi connectivity index (χ0) is 14.7. The number of likely N-dealkylation sites (tertiary alicyclic amines) is 1. The highest BCUT2D eigenvalue weighted by Crippen LogP contribution is 2.32. The van der Waals surface area contributed by atoms with Crippen LogP contribution in [0.4, 0.5) is 0 Å². The molecule has 1 saturated carbocycles. The summed E-state index contributed by atoms with van der Waals surface area (Å²) < 4.78 is 0. The summed E-state index contributed by atoms with van der Waals surface area (Å²) in [5.41, 5.74) is 7.06. The van der Waals surface area contributed by atoms with Crippen LogP contribution in [0.15, 0.2) is 30.3 Å². The molecule has 2 fully saturated rings. The number of nitrogens with one attached hydrogen (secondary N) is 1. The van der Waals surface area contributed by atoms with Gasteiger partial charge in [-0.15, -0.1) is 24.8 Å². The lowest BCUT2D eigenvalue weighted by Gasteiger charge is -2.26. The fourth-order valence-corrected chi connectivity index (χ4v) is 3.28. The summed E-state index contributed by atoms with van der Waals surface area (Å²) in [6.45, 7) is 2.42. The second-order valence-corrected chi connectivity index (χ2v) is 6.30. The third kappa shape index (κ3) is 5.35. The number of nitrogens with two attached hydrogens (primary N) is 1. The quantitative estimate of drug-likeness (QED) is 0.819. The fourth-order valence-electron chi connectivity index (χ4n) is 3.28. The lowest BCUT2D eigenvalue weighted by Crippen LogP contribution is -2.49.